The number of unbranched alkanes of at least 4 members (excludes halogenated alkanes) is 16. The molecule has 0 amide bonds. The van der Waals surface area contributed by atoms with Crippen molar-refractivity contribution >= 4 is 22.6 Å². The zero-order valence-corrected chi connectivity index (χ0v) is 40.5. The van der Waals surface area contributed by atoms with Crippen molar-refractivity contribution in [1.29, 1.82) is 0 Å². The van der Waals surface area contributed by atoms with Crippen molar-refractivity contribution in [1.82, 2.24) is 0 Å². The van der Waals surface area contributed by atoms with Crippen LogP contribution in [-0.2, 0) is 23.1 Å². The molecule has 0 aromatic rings. The quantitative estimate of drug-likeness (QED) is 0.0443. The number of hydrogen-bond acceptors (Lipinski definition) is 6. The van der Waals surface area contributed by atoms with Crippen LogP contribution in [0.4, 0.5) is 0 Å². The zero-order valence-electron chi connectivity index (χ0n) is 38.5. The molecule has 0 aromatic carbocycles. The van der Waals surface area contributed by atoms with Gasteiger partial charge in [0, 0.05) is 18.1 Å². The van der Waals surface area contributed by atoms with E-state index in [0.29, 0.717) is 6.42 Å². The molecule has 2 aliphatic rings. The molecule has 2 rings (SSSR count). The Labute approximate surface area is 343 Å². The van der Waals surface area contributed by atoms with Crippen molar-refractivity contribution in [2.24, 2.45) is 0 Å². The molecular formula is C47H92O6Si2. The molecule has 2 aliphatic heterocycles. The Bertz CT molecular complexity index is 1080. The van der Waals surface area contributed by atoms with Crippen LogP contribution in [-0.4, -0.2) is 64.3 Å². The van der Waals surface area contributed by atoms with Crippen molar-refractivity contribution < 1.29 is 28.2 Å². The van der Waals surface area contributed by atoms with E-state index >= 15 is 0 Å². The largest absolute Gasteiger partial charge is 0.455 e. The van der Waals surface area contributed by atoms with Gasteiger partial charge in [-0.25, -0.2) is 4.79 Å². The second-order valence-corrected chi connectivity index (χ2v) is 30.2. The van der Waals surface area contributed by atoms with Crippen LogP contribution in [0.15, 0.2) is 11.6 Å². The molecule has 0 spiro atoms. The number of aliphatic hydroxyl groups excluding tert-OH is 1. The van der Waals surface area contributed by atoms with Gasteiger partial charge in [0.05, 0.1) is 24.4 Å². The molecule has 6 nitrogen and oxygen atoms in total. The van der Waals surface area contributed by atoms with Crippen LogP contribution in [0.2, 0.25) is 36.3 Å². The predicted molar refractivity (Wildman–Crippen MR) is 239 cm³/mol. The van der Waals surface area contributed by atoms with Gasteiger partial charge in [-0.05, 0) is 81.4 Å². The minimum Gasteiger partial charge on any atom is -0.455 e. The smallest absolute Gasteiger partial charge is 0.334 e. The van der Waals surface area contributed by atoms with Crippen LogP contribution in [0.5, 0.6) is 0 Å². The number of hydrogen-bond donors (Lipinski definition) is 1. The molecule has 1 fully saturated rings. The molecular weight excluding hydrogens is 717 g/mol. The van der Waals surface area contributed by atoms with E-state index in [1.165, 1.54) is 103 Å². The Hall–Kier alpha value is -0.516. The normalized spacial score (nSPS) is 21.5. The molecule has 1 saturated heterocycles. The summed E-state index contributed by atoms with van der Waals surface area (Å²) in [7, 11) is -3.86. The summed E-state index contributed by atoms with van der Waals surface area (Å²) in [5.74, 6) is -0.168. The molecule has 324 valence electrons. The van der Waals surface area contributed by atoms with Gasteiger partial charge in [0.1, 0.15) is 6.10 Å². The molecule has 0 saturated carbocycles. The fourth-order valence-electron chi connectivity index (χ4n) is 7.75. The molecule has 2 heterocycles. The topological polar surface area (TPSA) is 74.2 Å². The van der Waals surface area contributed by atoms with E-state index in [2.05, 4.69) is 74.7 Å². The van der Waals surface area contributed by atoms with Gasteiger partial charge in [-0.15, -0.1) is 0 Å². The second-order valence-electron chi connectivity index (χ2n) is 20.7. The lowest BCUT2D eigenvalue weighted by molar-refractivity contribution is -0.139. The van der Waals surface area contributed by atoms with E-state index in [9.17, 15) is 9.90 Å². The van der Waals surface area contributed by atoms with Crippen molar-refractivity contribution in [3.05, 3.63) is 11.6 Å². The molecule has 6 atom stereocenters. The van der Waals surface area contributed by atoms with E-state index in [1.807, 2.05) is 13.0 Å². The summed E-state index contributed by atoms with van der Waals surface area (Å²) in [6.07, 6.45) is 30.3. The lowest BCUT2D eigenvalue weighted by atomic mass is 9.99. The molecule has 0 aliphatic carbocycles. The van der Waals surface area contributed by atoms with Gasteiger partial charge in [0.2, 0.25) is 0 Å². The maximum atomic E-state index is 12.3. The van der Waals surface area contributed by atoms with Crippen molar-refractivity contribution in [3.63, 3.8) is 0 Å². The Morgan fingerprint density at radius 3 is 1.58 bits per heavy atom. The summed E-state index contributed by atoms with van der Waals surface area (Å²) in [6, 6.07) is 0. The van der Waals surface area contributed by atoms with Crippen LogP contribution in [0.1, 0.15) is 209 Å². The Kier molecular flexibility index (Phi) is 23.2. The minimum atomic E-state index is -1.94. The predicted octanol–water partition coefficient (Wildman–Crippen LogP) is 14.1. The summed E-state index contributed by atoms with van der Waals surface area (Å²) in [5, 5.41) is 11.5. The van der Waals surface area contributed by atoms with Crippen LogP contribution in [0.3, 0.4) is 0 Å². The zero-order chi connectivity index (χ0) is 41.1. The summed E-state index contributed by atoms with van der Waals surface area (Å²) < 4.78 is 25.9. The van der Waals surface area contributed by atoms with Gasteiger partial charge in [-0.2, -0.15) is 0 Å². The van der Waals surface area contributed by atoms with Crippen LogP contribution < -0.4 is 0 Å². The third-order valence-corrected chi connectivity index (χ3v) is 22.5. The van der Waals surface area contributed by atoms with E-state index in [0.717, 1.165) is 50.5 Å². The number of esters is 1. The first-order valence-electron chi connectivity index (χ1n) is 23.4. The second kappa shape index (κ2) is 25.2. The maximum Gasteiger partial charge on any atom is 0.334 e. The molecule has 0 radical (unpaired) electrons. The van der Waals surface area contributed by atoms with Gasteiger partial charge in [-0.1, -0.05) is 164 Å². The number of cyclic esters (lactones) is 1. The number of carbonyl (C=O) groups excluding carboxylic acids is 1. The standard InChI is InChI=1S/C47H92O6Si2/c1-13-14-15-16-17-18-19-24-27-30-33-44(53-55(11,12)47(6,7)8)43-35-34-42(51-43)41(48)32-29-26-23-21-20-22-25-28-31-40(52-54(9,10)46(3,4)5)37-39-36-38(2)50-45(39)49/h36,38,40-44,48H,13-35,37H2,1-12H3/t38-,40+,41+,42+,43+,44+/m0/s1. The van der Waals surface area contributed by atoms with E-state index in [4.69, 9.17) is 18.3 Å². The number of carbonyl (C=O) groups is 1. The molecule has 0 aromatic heterocycles. The molecule has 55 heavy (non-hydrogen) atoms. The van der Waals surface area contributed by atoms with E-state index < -0.39 is 16.6 Å². The average molecular weight is 809 g/mol. The van der Waals surface area contributed by atoms with Crippen molar-refractivity contribution in [2.45, 2.75) is 282 Å². The summed E-state index contributed by atoms with van der Waals surface area (Å²) in [4.78, 5) is 12.3. The highest BCUT2D eigenvalue weighted by Gasteiger charge is 2.43. The van der Waals surface area contributed by atoms with E-state index in [1.54, 1.807) is 0 Å². The SMILES string of the molecule is CCCCCCCCCCCC[C@@H](O[Si](C)(C)C(C)(C)C)[C@H]1CC[C@H]([C@H](O)CCCCCCCCCC[C@H](CC2=C[C@H](C)OC2=O)O[Si](C)(C)C(C)(C)C)O1. The molecule has 0 bridgehead atoms. The van der Waals surface area contributed by atoms with Crippen LogP contribution in [0.25, 0.3) is 0 Å². The first-order valence-corrected chi connectivity index (χ1v) is 29.2. The number of ether oxygens (including phenoxy) is 2. The first kappa shape index (κ1) is 50.6. The monoisotopic (exact) mass is 809 g/mol. The van der Waals surface area contributed by atoms with E-state index in [-0.39, 0.29) is 52.7 Å². The summed E-state index contributed by atoms with van der Waals surface area (Å²) in [5.41, 5.74) is 0.792. The van der Waals surface area contributed by atoms with Gasteiger partial charge in [0.25, 0.3) is 0 Å². The lowest BCUT2D eigenvalue weighted by Crippen LogP contribution is -2.47. The van der Waals surface area contributed by atoms with Gasteiger partial charge in [-0.3, -0.25) is 0 Å². The van der Waals surface area contributed by atoms with Crippen molar-refractivity contribution in [2.75, 3.05) is 0 Å². The van der Waals surface area contributed by atoms with Gasteiger partial charge in [0.15, 0.2) is 16.6 Å². The number of rotatable bonds is 30. The molecule has 1 N–H and O–H groups in total. The highest BCUT2D eigenvalue weighted by Crippen LogP contribution is 2.41. The highest BCUT2D eigenvalue weighted by atomic mass is 28.4. The lowest BCUT2D eigenvalue weighted by Gasteiger charge is -2.41. The fraction of sp³-hybridized carbons (Fsp3) is 0.936. The van der Waals surface area contributed by atoms with Gasteiger partial charge >= 0.3 is 5.97 Å². The highest BCUT2D eigenvalue weighted by molar-refractivity contribution is 6.74. The summed E-state index contributed by atoms with van der Waals surface area (Å²) in [6.45, 7) is 27.4. The fourth-order valence-corrected chi connectivity index (χ4v) is 10.5. The average Bonchev–Trinajstić information content (AvgIpc) is 3.70. The number of aliphatic hydroxyl groups is 1. The Balaban J connectivity index is 1.68. The summed E-state index contributed by atoms with van der Waals surface area (Å²) >= 11 is 0. The van der Waals surface area contributed by atoms with Crippen molar-refractivity contribution in [3.8, 4) is 0 Å². The maximum absolute atomic E-state index is 12.3. The first-order chi connectivity index (χ1) is 25.8. The Morgan fingerprint density at radius 1 is 0.673 bits per heavy atom. The molecule has 0 unspecified atom stereocenters. The Morgan fingerprint density at radius 2 is 1.11 bits per heavy atom. The van der Waals surface area contributed by atoms with Gasteiger partial charge < -0.3 is 23.4 Å². The molecule has 8 heteroatoms. The third-order valence-electron chi connectivity index (χ3n) is 13.5. The van der Waals surface area contributed by atoms with Crippen LogP contribution in [0, 0.1) is 0 Å². The third kappa shape index (κ3) is 19.4. The van der Waals surface area contributed by atoms with Crippen LogP contribution >= 0.6 is 0 Å². The minimum absolute atomic E-state index is 0.0494.